The molecule has 7 heteroatoms. The van der Waals surface area contributed by atoms with Gasteiger partial charge in [-0.05, 0) is 31.3 Å². The van der Waals surface area contributed by atoms with Crippen molar-refractivity contribution in [2.24, 2.45) is 4.99 Å². The fraction of sp³-hybridized carbons (Fsp3) is 0.188. The van der Waals surface area contributed by atoms with E-state index in [-0.39, 0.29) is 12.4 Å². The van der Waals surface area contributed by atoms with Gasteiger partial charge in [-0.25, -0.2) is 0 Å². The van der Waals surface area contributed by atoms with Gasteiger partial charge in [0.1, 0.15) is 6.54 Å². The number of allylic oxidation sites excluding steroid dienone is 1. The summed E-state index contributed by atoms with van der Waals surface area (Å²) in [6, 6.07) is 7.77. The predicted molar refractivity (Wildman–Crippen MR) is 93.9 cm³/mol. The quantitative estimate of drug-likeness (QED) is 0.675. The third-order valence-electron chi connectivity index (χ3n) is 3.33. The standard InChI is InChI=1S/C16H14N2O3S2/c1-2-21-14(19)9-18-15(20)13(23-16(18)22)7-10-8-17-12-6-4-3-5-11(10)12/h3-8,20H,2,9H2,1H3. The molecular formula is C16H14N2O3S2. The molecule has 0 atom stereocenters. The van der Waals surface area contributed by atoms with E-state index in [9.17, 15) is 9.90 Å². The molecule has 2 aromatic rings. The summed E-state index contributed by atoms with van der Waals surface area (Å²) in [6.45, 7) is 1.93. The van der Waals surface area contributed by atoms with E-state index in [1.54, 1.807) is 13.1 Å². The SMILES string of the molecule is CCOC(=O)Cn1c(O)c(C=C2C=Nc3ccccc32)sc1=S. The number of carbonyl (C=O) groups excluding carboxylic acids is 1. The van der Waals surface area contributed by atoms with Crippen LogP contribution in [0.1, 0.15) is 17.4 Å². The van der Waals surface area contributed by atoms with Crippen LogP contribution in [-0.4, -0.2) is 28.5 Å². The van der Waals surface area contributed by atoms with Gasteiger partial charge in [0.05, 0.1) is 17.2 Å². The summed E-state index contributed by atoms with van der Waals surface area (Å²) in [6.07, 6.45) is 3.58. The van der Waals surface area contributed by atoms with Gasteiger partial charge in [0.25, 0.3) is 0 Å². The lowest BCUT2D eigenvalue weighted by Gasteiger charge is -2.04. The average molecular weight is 346 g/mol. The number of rotatable bonds is 4. The lowest BCUT2D eigenvalue weighted by atomic mass is 10.1. The third-order valence-corrected chi connectivity index (χ3v) is 4.72. The van der Waals surface area contributed by atoms with Gasteiger partial charge in [0, 0.05) is 17.4 Å². The zero-order chi connectivity index (χ0) is 16.4. The predicted octanol–water partition coefficient (Wildman–Crippen LogP) is 3.80. The number of ether oxygens (including phenoxy) is 1. The molecule has 1 aliphatic rings. The summed E-state index contributed by atoms with van der Waals surface area (Å²) in [5, 5.41) is 10.3. The smallest absolute Gasteiger partial charge is 0.326 e. The summed E-state index contributed by atoms with van der Waals surface area (Å²) >= 11 is 6.48. The van der Waals surface area contributed by atoms with Crippen molar-refractivity contribution in [2.75, 3.05) is 6.61 Å². The first-order valence-electron chi connectivity index (χ1n) is 7.03. The minimum Gasteiger partial charge on any atom is -0.493 e. The van der Waals surface area contributed by atoms with E-state index in [1.165, 1.54) is 15.9 Å². The highest BCUT2D eigenvalue weighted by molar-refractivity contribution is 7.73. The molecule has 3 rings (SSSR count). The van der Waals surface area contributed by atoms with E-state index in [2.05, 4.69) is 4.99 Å². The number of aromatic nitrogens is 1. The van der Waals surface area contributed by atoms with Crippen molar-refractivity contribution in [3.05, 3.63) is 38.7 Å². The molecule has 0 saturated carbocycles. The average Bonchev–Trinajstić information content (AvgIpc) is 3.05. The monoisotopic (exact) mass is 346 g/mol. The van der Waals surface area contributed by atoms with Gasteiger partial charge in [-0.1, -0.05) is 18.2 Å². The number of para-hydroxylation sites is 1. The van der Waals surface area contributed by atoms with Gasteiger partial charge in [0.2, 0.25) is 5.88 Å². The summed E-state index contributed by atoms with van der Waals surface area (Å²) in [5.41, 5.74) is 2.80. The van der Waals surface area contributed by atoms with Crippen molar-refractivity contribution in [2.45, 2.75) is 13.5 Å². The molecule has 1 N–H and O–H groups in total. The van der Waals surface area contributed by atoms with Gasteiger partial charge < -0.3 is 9.84 Å². The third kappa shape index (κ3) is 3.11. The zero-order valence-electron chi connectivity index (χ0n) is 12.4. The van der Waals surface area contributed by atoms with Crippen LogP contribution in [0.5, 0.6) is 5.88 Å². The highest BCUT2D eigenvalue weighted by atomic mass is 32.1. The Labute approximate surface area is 142 Å². The number of nitrogens with zero attached hydrogens (tertiary/aromatic N) is 2. The fourth-order valence-corrected chi connectivity index (χ4v) is 3.54. The molecule has 0 spiro atoms. The van der Waals surface area contributed by atoms with Gasteiger partial charge in [-0.2, -0.15) is 0 Å². The first-order valence-corrected chi connectivity index (χ1v) is 8.26. The molecule has 0 radical (unpaired) electrons. The van der Waals surface area contributed by atoms with E-state index in [4.69, 9.17) is 17.0 Å². The van der Waals surface area contributed by atoms with Gasteiger partial charge >= 0.3 is 5.97 Å². The molecular weight excluding hydrogens is 332 g/mol. The summed E-state index contributed by atoms with van der Waals surface area (Å²) < 4.78 is 6.70. The fourth-order valence-electron chi connectivity index (χ4n) is 2.28. The second kappa shape index (κ2) is 6.47. The van der Waals surface area contributed by atoms with Crippen LogP contribution in [0, 0.1) is 3.95 Å². The summed E-state index contributed by atoms with van der Waals surface area (Å²) in [4.78, 5) is 16.5. The molecule has 0 amide bonds. The number of aliphatic imine (C=N–C) groups is 1. The number of carbonyl (C=O) groups is 1. The Hall–Kier alpha value is -2.25. The molecule has 118 valence electrons. The van der Waals surface area contributed by atoms with Gasteiger partial charge in [-0.15, -0.1) is 11.3 Å². The lowest BCUT2D eigenvalue weighted by Crippen LogP contribution is -2.12. The van der Waals surface area contributed by atoms with E-state index < -0.39 is 5.97 Å². The molecule has 0 aliphatic carbocycles. The number of fused-ring (bicyclic) bond motifs is 1. The summed E-state index contributed by atoms with van der Waals surface area (Å²) in [7, 11) is 0. The van der Waals surface area contributed by atoms with Gasteiger partial charge in [-0.3, -0.25) is 14.4 Å². The minimum atomic E-state index is -0.427. The molecule has 0 bridgehead atoms. The van der Waals surface area contributed by atoms with Crippen molar-refractivity contribution in [1.29, 1.82) is 0 Å². The topological polar surface area (TPSA) is 63.8 Å². The van der Waals surface area contributed by atoms with Crippen molar-refractivity contribution in [3.63, 3.8) is 0 Å². The first kappa shape index (κ1) is 15.6. The molecule has 1 aromatic heterocycles. The Morgan fingerprint density at radius 1 is 1.48 bits per heavy atom. The Balaban J connectivity index is 1.94. The molecule has 0 unspecified atom stereocenters. The van der Waals surface area contributed by atoms with Crippen LogP contribution in [0.3, 0.4) is 0 Å². The van der Waals surface area contributed by atoms with Crippen LogP contribution < -0.4 is 0 Å². The number of esters is 1. The number of thiazole rings is 1. The number of benzene rings is 1. The van der Waals surface area contributed by atoms with Crippen molar-refractivity contribution in [1.82, 2.24) is 4.57 Å². The van der Waals surface area contributed by atoms with E-state index >= 15 is 0 Å². The first-order chi connectivity index (χ1) is 11.1. The van der Waals surface area contributed by atoms with Crippen LogP contribution in [0.4, 0.5) is 5.69 Å². The normalized spacial score (nSPS) is 14.2. The molecule has 0 fully saturated rings. The number of hydrogen-bond acceptors (Lipinski definition) is 6. The van der Waals surface area contributed by atoms with E-state index in [0.717, 1.165) is 16.8 Å². The largest absolute Gasteiger partial charge is 0.493 e. The maximum absolute atomic E-state index is 11.6. The van der Waals surface area contributed by atoms with E-state index in [1.807, 2.05) is 30.3 Å². The number of hydrogen-bond donors (Lipinski definition) is 1. The lowest BCUT2D eigenvalue weighted by molar-refractivity contribution is -0.143. The Morgan fingerprint density at radius 2 is 2.26 bits per heavy atom. The Morgan fingerprint density at radius 3 is 3.04 bits per heavy atom. The van der Waals surface area contributed by atoms with Crippen LogP contribution in [0.15, 0.2) is 29.3 Å². The zero-order valence-corrected chi connectivity index (χ0v) is 14.0. The van der Waals surface area contributed by atoms with Crippen LogP contribution >= 0.6 is 23.6 Å². The van der Waals surface area contributed by atoms with Crippen molar-refractivity contribution >= 4 is 53.1 Å². The molecule has 5 nitrogen and oxygen atoms in total. The molecule has 1 aliphatic heterocycles. The summed E-state index contributed by atoms with van der Waals surface area (Å²) in [5.74, 6) is -0.456. The maximum atomic E-state index is 11.6. The van der Waals surface area contributed by atoms with Crippen LogP contribution in [0.25, 0.3) is 11.6 Å². The van der Waals surface area contributed by atoms with E-state index in [0.29, 0.717) is 15.4 Å². The highest BCUT2D eigenvalue weighted by Crippen LogP contribution is 2.35. The minimum absolute atomic E-state index is 0.0293. The Kier molecular flexibility index (Phi) is 4.40. The van der Waals surface area contributed by atoms with Crippen LogP contribution in [-0.2, 0) is 16.1 Å². The van der Waals surface area contributed by atoms with Crippen molar-refractivity contribution in [3.8, 4) is 5.88 Å². The van der Waals surface area contributed by atoms with Crippen LogP contribution in [0.2, 0.25) is 0 Å². The molecule has 1 aromatic carbocycles. The van der Waals surface area contributed by atoms with Gasteiger partial charge in [0.15, 0.2) is 3.95 Å². The highest BCUT2D eigenvalue weighted by Gasteiger charge is 2.16. The molecule has 23 heavy (non-hydrogen) atoms. The van der Waals surface area contributed by atoms with Crippen molar-refractivity contribution < 1.29 is 14.6 Å². The Bertz CT molecular complexity index is 878. The molecule has 0 saturated heterocycles. The second-order valence-electron chi connectivity index (χ2n) is 4.82. The molecule has 2 heterocycles. The maximum Gasteiger partial charge on any atom is 0.326 e. The number of aromatic hydroxyl groups is 1. The second-order valence-corrected chi connectivity index (χ2v) is 6.50.